The molecule has 282 valence electrons. The van der Waals surface area contributed by atoms with Crippen LogP contribution in [0.4, 0.5) is 0 Å². The van der Waals surface area contributed by atoms with Crippen molar-refractivity contribution in [3.63, 3.8) is 0 Å². The van der Waals surface area contributed by atoms with Gasteiger partial charge >= 0.3 is 0 Å². The summed E-state index contributed by atoms with van der Waals surface area (Å²) in [7, 11) is 0. The zero-order chi connectivity index (χ0) is 37.4. The Hall–Kier alpha value is -3.12. The molecule has 0 aliphatic heterocycles. The average molecular weight is 707 g/mol. The number of fused-ring (bicyclic) bond motifs is 2. The lowest BCUT2D eigenvalue weighted by Gasteiger charge is -2.53. The van der Waals surface area contributed by atoms with E-state index in [4.69, 9.17) is 0 Å². The maximum absolute atomic E-state index is 2.63. The van der Waals surface area contributed by atoms with Crippen LogP contribution in [0, 0.1) is 39.9 Å². The highest BCUT2D eigenvalue weighted by molar-refractivity contribution is 5.91. The smallest absolute Gasteiger partial charge is 0.00883 e. The molecule has 0 saturated heterocycles. The summed E-state index contributed by atoms with van der Waals surface area (Å²) in [6, 6.07) is 21.3. The third-order valence-corrected chi connectivity index (χ3v) is 15.3. The largest absolute Gasteiger partial charge is 0.0835 e. The van der Waals surface area contributed by atoms with Crippen molar-refractivity contribution in [1.29, 1.82) is 0 Å². The molecule has 2 spiro atoms. The number of hydrogen-bond donors (Lipinski definition) is 0. The van der Waals surface area contributed by atoms with Gasteiger partial charge in [0.1, 0.15) is 0 Å². The van der Waals surface area contributed by atoms with Gasteiger partial charge in [0, 0.05) is 0 Å². The van der Waals surface area contributed by atoms with E-state index < -0.39 is 0 Å². The summed E-state index contributed by atoms with van der Waals surface area (Å²) in [6.45, 7) is 18.8. The molecule has 0 radical (unpaired) electrons. The van der Waals surface area contributed by atoms with Crippen molar-refractivity contribution in [1.82, 2.24) is 0 Å². The Balaban J connectivity index is 0.00000214. The molecular formula is C53H70. The molecule has 3 fully saturated rings. The molecule has 3 unspecified atom stereocenters. The Morgan fingerprint density at radius 3 is 2.28 bits per heavy atom. The van der Waals surface area contributed by atoms with Gasteiger partial charge in [-0.3, -0.25) is 0 Å². The summed E-state index contributed by atoms with van der Waals surface area (Å²) in [5.74, 6) is 2.76. The first-order chi connectivity index (χ1) is 25.6. The average Bonchev–Trinajstić information content (AvgIpc) is 3.86. The molecule has 53 heavy (non-hydrogen) atoms. The van der Waals surface area contributed by atoms with Gasteiger partial charge in [-0.2, -0.15) is 0 Å². The molecule has 4 atom stereocenters. The molecule has 0 nitrogen and oxygen atoms in total. The molecular weight excluding hydrogens is 637 g/mol. The van der Waals surface area contributed by atoms with Gasteiger partial charge in [-0.05, 0) is 198 Å². The van der Waals surface area contributed by atoms with Crippen LogP contribution in [0.2, 0.25) is 0 Å². The summed E-state index contributed by atoms with van der Waals surface area (Å²) in [5.41, 5.74) is 13.8. The summed E-state index contributed by atoms with van der Waals surface area (Å²) >= 11 is 0. The molecule has 8 rings (SSSR count). The molecule has 0 N–H and O–H groups in total. The van der Waals surface area contributed by atoms with Crippen molar-refractivity contribution in [2.75, 3.05) is 0 Å². The highest BCUT2D eigenvalue weighted by atomic mass is 14.6. The van der Waals surface area contributed by atoms with Crippen LogP contribution in [-0.2, 0) is 19.3 Å². The fraction of sp³-hybridized carbons (Fsp3) is 0.547. The van der Waals surface area contributed by atoms with Crippen LogP contribution < -0.4 is 0 Å². The fourth-order valence-electron chi connectivity index (χ4n) is 11.8. The highest BCUT2D eigenvalue weighted by Gasteiger charge is 2.52. The Bertz CT molecular complexity index is 1880. The van der Waals surface area contributed by atoms with Gasteiger partial charge in [0.2, 0.25) is 0 Å². The lowest BCUT2D eigenvalue weighted by atomic mass is 9.52. The van der Waals surface area contributed by atoms with Gasteiger partial charge in [-0.1, -0.05) is 127 Å². The van der Waals surface area contributed by atoms with E-state index >= 15 is 0 Å². The third kappa shape index (κ3) is 7.73. The van der Waals surface area contributed by atoms with E-state index in [0.717, 1.165) is 24.7 Å². The minimum atomic E-state index is 0.430. The summed E-state index contributed by atoms with van der Waals surface area (Å²) in [6.07, 6.45) is 31.1. The van der Waals surface area contributed by atoms with Crippen molar-refractivity contribution >= 4 is 21.9 Å². The van der Waals surface area contributed by atoms with E-state index in [0.29, 0.717) is 28.1 Å². The Morgan fingerprint density at radius 2 is 1.62 bits per heavy atom. The molecule has 0 amide bonds. The van der Waals surface area contributed by atoms with E-state index in [1.165, 1.54) is 121 Å². The number of benzene rings is 3. The topological polar surface area (TPSA) is 0 Å². The molecule has 0 aromatic heterocycles. The van der Waals surface area contributed by atoms with Crippen LogP contribution in [0.15, 0.2) is 90.6 Å². The highest BCUT2D eigenvalue weighted by Crippen LogP contribution is 2.61. The first kappa shape index (κ1) is 38.2. The second-order valence-corrected chi connectivity index (χ2v) is 18.8. The summed E-state index contributed by atoms with van der Waals surface area (Å²) in [4.78, 5) is 0. The normalized spacial score (nSPS) is 30.4. The van der Waals surface area contributed by atoms with Crippen LogP contribution in [0.1, 0.15) is 154 Å². The van der Waals surface area contributed by atoms with Gasteiger partial charge in [0.05, 0.1) is 0 Å². The maximum Gasteiger partial charge on any atom is -0.00883 e. The Labute approximate surface area is 324 Å². The van der Waals surface area contributed by atoms with Gasteiger partial charge in [-0.25, -0.2) is 0 Å². The number of rotatable bonds is 9. The second-order valence-electron chi connectivity index (χ2n) is 18.8. The standard InChI is InChI=1S/C51H64.C2H6/c1-7-38-27-43(28-44-29-45-34-51(33-36(51)4)22-19-42(45)30-48(38)44)46(8-2)37(5)47(20-21-49(6)23-25-50(26-24-49)31-35(3)32-50)41-16-12-15-40(17-18-41)39-13-10-9-11-14-39;1-2/h8-14,16-18,27-30,35-37,47H,7,15,19-26,31-34H2,1-6H3;1-2H3/b46-8+;/t35?,36?,37?,47-,49?,50?,51?;/m0./s1. The maximum atomic E-state index is 2.63. The summed E-state index contributed by atoms with van der Waals surface area (Å²) < 4.78 is 0. The van der Waals surface area contributed by atoms with Gasteiger partial charge < -0.3 is 0 Å². The van der Waals surface area contributed by atoms with E-state index in [2.05, 4.69) is 127 Å². The zero-order valence-electron chi connectivity index (χ0n) is 34.8. The quantitative estimate of drug-likeness (QED) is 0.208. The van der Waals surface area contributed by atoms with E-state index in [1.54, 1.807) is 11.1 Å². The van der Waals surface area contributed by atoms with Gasteiger partial charge in [0.15, 0.2) is 0 Å². The third-order valence-electron chi connectivity index (χ3n) is 15.3. The van der Waals surface area contributed by atoms with Crippen molar-refractivity contribution < 1.29 is 0 Å². The molecule has 5 aliphatic carbocycles. The molecule has 5 aliphatic rings. The molecule has 0 bridgehead atoms. The predicted molar refractivity (Wildman–Crippen MR) is 232 cm³/mol. The molecule has 3 aromatic carbocycles. The number of aryl methyl sites for hydroxylation is 2. The lowest BCUT2D eigenvalue weighted by molar-refractivity contribution is -0.0194. The second kappa shape index (κ2) is 15.6. The van der Waals surface area contributed by atoms with E-state index in [9.17, 15) is 0 Å². The van der Waals surface area contributed by atoms with Crippen LogP contribution >= 0.6 is 0 Å². The molecule has 3 aromatic rings. The Morgan fingerprint density at radius 1 is 0.887 bits per heavy atom. The monoisotopic (exact) mass is 707 g/mol. The minimum absolute atomic E-state index is 0.430. The van der Waals surface area contributed by atoms with E-state index in [1.807, 2.05) is 13.8 Å². The van der Waals surface area contributed by atoms with Crippen LogP contribution in [0.25, 0.3) is 21.9 Å². The summed E-state index contributed by atoms with van der Waals surface area (Å²) in [5, 5.41) is 2.96. The van der Waals surface area contributed by atoms with Crippen molar-refractivity contribution in [2.45, 2.75) is 145 Å². The molecule has 3 saturated carbocycles. The van der Waals surface area contributed by atoms with Crippen molar-refractivity contribution in [3.05, 3.63) is 118 Å². The molecule has 0 heterocycles. The fourth-order valence-corrected chi connectivity index (χ4v) is 11.8. The van der Waals surface area contributed by atoms with Crippen LogP contribution in [-0.4, -0.2) is 0 Å². The zero-order valence-corrected chi connectivity index (χ0v) is 34.8. The minimum Gasteiger partial charge on any atom is -0.0835 e. The van der Waals surface area contributed by atoms with E-state index in [-0.39, 0.29) is 0 Å². The van der Waals surface area contributed by atoms with Crippen LogP contribution in [0.5, 0.6) is 0 Å². The Kier molecular flexibility index (Phi) is 11.2. The number of hydrogen-bond acceptors (Lipinski definition) is 0. The first-order valence-corrected chi connectivity index (χ1v) is 22.0. The van der Waals surface area contributed by atoms with Gasteiger partial charge in [0.25, 0.3) is 0 Å². The first-order valence-electron chi connectivity index (χ1n) is 22.0. The molecule has 0 heteroatoms. The lowest BCUT2D eigenvalue weighted by Crippen LogP contribution is -2.41. The van der Waals surface area contributed by atoms with Crippen molar-refractivity contribution in [3.8, 4) is 0 Å². The number of allylic oxidation sites excluding steroid dienone is 8. The van der Waals surface area contributed by atoms with Crippen molar-refractivity contribution in [2.24, 2.45) is 39.9 Å². The SMILES string of the molecule is C/C=C(/c1cc(CC)c2cc3c(cc2c1)CC1(CC3)CC1C)C(C)[C@H](CCC1(C)CCC2(CC1)CC(C)C2)C1=CC=C(c2ccccc2)CC=C1.CC. The predicted octanol–water partition coefficient (Wildman–Crippen LogP) is 15.3. The van der Waals surface area contributed by atoms with Gasteiger partial charge in [-0.15, -0.1) is 0 Å². The van der Waals surface area contributed by atoms with Crippen LogP contribution in [0.3, 0.4) is 0 Å².